The van der Waals surface area contributed by atoms with Crippen molar-refractivity contribution in [3.8, 4) is 0 Å². The first-order chi connectivity index (χ1) is 11.0. The fourth-order valence-corrected chi connectivity index (χ4v) is 3.95. The number of rotatable bonds is 4. The summed E-state index contributed by atoms with van der Waals surface area (Å²) >= 11 is 6.12. The molecule has 3 atom stereocenters. The van der Waals surface area contributed by atoms with Gasteiger partial charge in [-0.25, -0.2) is 0 Å². The van der Waals surface area contributed by atoms with Crippen LogP contribution in [0.2, 0.25) is 5.02 Å². The smallest absolute Gasteiger partial charge is 0.223 e. The van der Waals surface area contributed by atoms with E-state index in [-0.39, 0.29) is 17.9 Å². The van der Waals surface area contributed by atoms with E-state index in [1.807, 2.05) is 12.1 Å². The van der Waals surface area contributed by atoms with E-state index < -0.39 is 0 Å². The van der Waals surface area contributed by atoms with Crippen LogP contribution in [0.25, 0.3) is 0 Å². The SMILES string of the molecule is Cc1ccc(Cl)cc1N1CCC(CNC(=O)C2CCC(N)C2)C1. The molecule has 4 nitrogen and oxygen atoms in total. The van der Waals surface area contributed by atoms with Gasteiger partial charge < -0.3 is 16.0 Å². The highest BCUT2D eigenvalue weighted by Crippen LogP contribution is 2.29. The lowest BCUT2D eigenvalue weighted by molar-refractivity contribution is -0.125. The number of amides is 1. The Labute approximate surface area is 143 Å². The van der Waals surface area contributed by atoms with Gasteiger partial charge in [0.15, 0.2) is 0 Å². The van der Waals surface area contributed by atoms with Gasteiger partial charge in [0, 0.05) is 42.3 Å². The maximum Gasteiger partial charge on any atom is 0.223 e. The maximum absolute atomic E-state index is 12.2. The minimum Gasteiger partial charge on any atom is -0.371 e. The Morgan fingerprint density at radius 3 is 2.96 bits per heavy atom. The molecule has 1 heterocycles. The van der Waals surface area contributed by atoms with Crippen molar-refractivity contribution in [1.29, 1.82) is 0 Å². The van der Waals surface area contributed by atoms with Crippen molar-refractivity contribution in [3.05, 3.63) is 28.8 Å². The average molecular weight is 336 g/mol. The highest BCUT2D eigenvalue weighted by atomic mass is 35.5. The molecule has 5 heteroatoms. The zero-order valence-electron chi connectivity index (χ0n) is 13.7. The molecule has 126 valence electrons. The first kappa shape index (κ1) is 16.6. The third-order valence-electron chi connectivity index (χ3n) is 5.21. The van der Waals surface area contributed by atoms with E-state index in [9.17, 15) is 4.79 Å². The molecule has 1 aliphatic carbocycles. The van der Waals surface area contributed by atoms with Gasteiger partial charge in [0.25, 0.3) is 0 Å². The Morgan fingerprint density at radius 2 is 2.22 bits per heavy atom. The summed E-state index contributed by atoms with van der Waals surface area (Å²) in [5.74, 6) is 0.820. The van der Waals surface area contributed by atoms with Crippen LogP contribution >= 0.6 is 11.6 Å². The van der Waals surface area contributed by atoms with Crippen LogP contribution in [0.1, 0.15) is 31.2 Å². The van der Waals surface area contributed by atoms with Crippen LogP contribution in [-0.2, 0) is 4.79 Å². The largest absolute Gasteiger partial charge is 0.371 e. The maximum atomic E-state index is 12.2. The number of hydrogen-bond acceptors (Lipinski definition) is 3. The molecule has 1 aliphatic heterocycles. The monoisotopic (exact) mass is 335 g/mol. The Bertz CT molecular complexity index is 577. The van der Waals surface area contributed by atoms with Crippen LogP contribution in [0, 0.1) is 18.8 Å². The molecule has 1 amide bonds. The highest BCUT2D eigenvalue weighted by molar-refractivity contribution is 6.30. The Kier molecular flexibility index (Phi) is 5.12. The highest BCUT2D eigenvalue weighted by Gasteiger charge is 2.29. The van der Waals surface area contributed by atoms with Crippen molar-refractivity contribution in [2.45, 2.75) is 38.6 Å². The van der Waals surface area contributed by atoms with E-state index in [4.69, 9.17) is 17.3 Å². The van der Waals surface area contributed by atoms with Gasteiger partial charge in [0.1, 0.15) is 0 Å². The Balaban J connectivity index is 1.50. The van der Waals surface area contributed by atoms with Gasteiger partial charge in [0.05, 0.1) is 0 Å². The summed E-state index contributed by atoms with van der Waals surface area (Å²) in [6, 6.07) is 6.24. The number of carbonyl (C=O) groups excluding carboxylic acids is 1. The Morgan fingerprint density at radius 1 is 1.39 bits per heavy atom. The van der Waals surface area contributed by atoms with E-state index in [2.05, 4.69) is 23.2 Å². The van der Waals surface area contributed by atoms with Crippen LogP contribution in [0.3, 0.4) is 0 Å². The van der Waals surface area contributed by atoms with Crippen molar-refractivity contribution >= 4 is 23.2 Å². The van der Waals surface area contributed by atoms with Crippen LogP contribution in [-0.4, -0.2) is 31.6 Å². The molecular formula is C18H26ClN3O. The molecule has 1 saturated carbocycles. The second kappa shape index (κ2) is 7.10. The fourth-order valence-electron chi connectivity index (χ4n) is 3.79. The molecule has 3 unspecified atom stereocenters. The predicted octanol–water partition coefficient (Wildman–Crippen LogP) is 2.72. The molecule has 2 aliphatic rings. The number of anilines is 1. The minimum absolute atomic E-state index is 0.123. The van der Waals surface area contributed by atoms with Crippen molar-refractivity contribution < 1.29 is 4.79 Å². The summed E-state index contributed by atoms with van der Waals surface area (Å²) in [6.45, 7) is 4.88. The zero-order valence-corrected chi connectivity index (χ0v) is 14.5. The van der Waals surface area contributed by atoms with Gasteiger partial charge in [-0.15, -0.1) is 0 Å². The molecule has 1 aromatic carbocycles. The van der Waals surface area contributed by atoms with Gasteiger partial charge in [-0.3, -0.25) is 4.79 Å². The number of benzene rings is 1. The lowest BCUT2D eigenvalue weighted by Gasteiger charge is -2.21. The van der Waals surface area contributed by atoms with Crippen LogP contribution < -0.4 is 16.0 Å². The lowest BCUT2D eigenvalue weighted by atomic mass is 10.1. The summed E-state index contributed by atoms with van der Waals surface area (Å²) < 4.78 is 0. The summed E-state index contributed by atoms with van der Waals surface area (Å²) in [7, 11) is 0. The summed E-state index contributed by atoms with van der Waals surface area (Å²) in [5.41, 5.74) is 8.36. The normalized spacial score (nSPS) is 27.4. The first-order valence-corrected chi connectivity index (χ1v) is 8.95. The molecule has 0 radical (unpaired) electrons. The van der Waals surface area contributed by atoms with E-state index >= 15 is 0 Å². The number of hydrogen-bond donors (Lipinski definition) is 2. The molecule has 1 aromatic rings. The Hall–Kier alpha value is -1.26. The molecule has 23 heavy (non-hydrogen) atoms. The van der Waals surface area contributed by atoms with E-state index in [0.717, 1.165) is 50.3 Å². The lowest BCUT2D eigenvalue weighted by Crippen LogP contribution is -2.35. The summed E-state index contributed by atoms with van der Waals surface area (Å²) in [6.07, 6.45) is 3.86. The van der Waals surface area contributed by atoms with Crippen molar-refractivity contribution in [3.63, 3.8) is 0 Å². The molecule has 2 fully saturated rings. The third-order valence-corrected chi connectivity index (χ3v) is 5.44. The third kappa shape index (κ3) is 3.99. The number of nitrogens with two attached hydrogens (primary N) is 1. The van der Waals surface area contributed by atoms with Crippen LogP contribution in [0.4, 0.5) is 5.69 Å². The van der Waals surface area contributed by atoms with E-state index in [1.165, 1.54) is 11.3 Å². The predicted molar refractivity (Wildman–Crippen MR) is 94.8 cm³/mol. The summed E-state index contributed by atoms with van der Waals surface area (Å²) in [5, 5.41) is 3.92. The van der Waals surface area contributed by atoms with Gasteiger partial charge in [-0.05, 0) is 56.2 Å². The van der Waals surface area contributed by atoms with Crippen molar-refractivity contribution in [1.82, 2.24) is 5.32 Å². The second-order valence-corrected chi connectivity index (χ2v) is 7.48. The molecule has 1 saturated heterocycles. The topological polar surface area (TPSA) is 58.4 Å². The standard InChI is InChI=1S/C18H26ClN3O/c1-12-2-4-15(19)9-17(12)22-7-6-13(11-22)10-21-18(23)14-3-5-16(20)8-14/h2,4,9,13-14,16H,3,5-8,10-11,20H2,1H3,(H,21,23). The number of carbonyl (C=O) groups is 1. The first-order valence-electron chi connectivity index (χ1n) is 8.57. The number of halogens is 1. The second-order valence-electron chi connectivity index (χ2n) is 7.05. The molecule has 0 bridgehead atoms. The zero-order chi connectivity index (χ0) is 16.4. The number of aryl methyl sites for hydroxylation is 1. The molecule has 3 N–H and O–H groups in total. The van der Waals surface area contributed by atoms with Crippen molar-refractivity contribution in [2.24, 2.45) is 17.6 Å². The average Bonchev–Trinajstić information content (AvgIpc) is 3.16. The van der Waals surface area contributed by atoms with Gasteiger partial charge >= 0.3 is 0 Å². The van der Waals surface area contributed by atoms with Crippen LogP contribution in [0.5, 0.6) is 0 Å². The summed E-state index contributed by atoms with van der Waals surface area (Å²) in [4.78, 5) is 14.6. The van der Waals surface area contributed by atoms with E-state index in [1.54, 1.807) is 0 Å². The minimum atomic E-state index is 0.123. The van der Waals surface area contributed by atoms with E-state index in [0.29, 0.717) is 5.92 Å². The van der Waals surface area contributed by atoms with Gasteiger partial charge in [-0.1, -0.05) is 17.7 Å². The fraction of sp³-hybridized carbons (Fsp3) is 0.611. The van der Waals surface area contributed by atoms with Gasteiger partial charge in [-0.2, -0.15) is 0 Å². The number of nitrogens with zero attached hydrogens (tertiary/aromatic N) is 1. The van der Waals surface area contributed by atoms with Crippen LogP contribution in [0.15, 0.2) is 18.2 Å². The number of nitrogens with one attached hydrogen (secondary N) is 1. The van der Waals surface area contributed by atoms with Crippen molar-refractivity contribution in [2.75, 3.05) is 24.5 Å². The molecule has 0 aromatic heterocycles. The van der Waals surface area contributed by atoms with Gasteiger partial charge in [0.2, 0.25) is 5.91 Å². The molecular weight excluding hydrogens is 310 g/mol. The molecule has 0 spiro atoms. The quantitative estimate of drug-likeness (QED) is 0.889. The molecule has 3 rings (SSSR count).